The van der Waals surface area contributed by atoms with Gasteiger partial charge in [0.2, 0.25) is 0 Å². The van der Waals surface area contributed by atoms with Gasteiger partial charge in [-0.25, -0.2) is 4.79 Å². The molecule has 1 aromatic carbocycles. The van der Waals surface area contributed by atoms with Crippen molar-refractivity contribution in [2.75, 3.05) is 20.0 Å². The number of carboxylic acid groups (broad SMARTS) is 1. The van der Waals surface area contributed by atoms with Crippen molar-refractivity contribution in [3.63, 3.8) is 0 Å². The summed E-state index contributed by atoms with van der Waals surface area (Å²) in [4.78, 5) is 11.2. The molecule has 0 spiro atoms. The Bertz CT molecular complexity index is 664. The van der Waals surface area contributed by atoms with Crippen molar-refractivity contribution in [1.82, 2.24) is 10.2 Å². The maximum atomic E-state index is 11.2. The zero-order chi connectivity index (χ0) is 14.9. The van der Waals surface area contributed by atoms with Gasteiger partial charge in [0, 0.05) is 11.1 Å². The summed E-state index contributed by atoms with van der Waals surface area (Å²) in [6.07, 6.45) is 0. The van der Waals surface area contributed by atoms with E-state index in [2.05, 4.69) is 10.2 Å². The van der Waals surface area contributed by atoms with Crippen molar-refractivity contribution in [3.05, 3.63) is 23.4 Å². The van der Waals surface area contributed by atoms with Crippen LogP contribution in [-0.2, 0) is 0 Å². The van der Waals surface area contributed by atoms with E-state index < -0.39 is 5.97 Å². The molecule has 2 aromatic rings. The fraction of sp³-hybridized carbons (Fsp3) is 0.231. The largest absolute Gasteiger partial charge is 0.496 e. The Balaban J connectivity index is 2.73. The van der Waals surface area contributed by atoms with Gasteiger partial charge in [0.25, 0.3) is 0 Å². The van der Waals surface area contributed by atoms with Gasteiger partial charge in [0.1, 0.15) is 11.5 Å². The van der Waals surface area contributed by atoms with Crippen molar-refractivity contribution in [3.8, 4) is 22.6 Å². The van der Waals surface area contributed by atoms with Gasteiger partial charge in [-0.1, -0.05) is 0 Å². The van der Waals surface area contributed by atoms with Crippen LogP contribution in [0, 0.1) is 6.92 Å². The fourth-order valence-electron chi connectivity index (χ4n) is 2.14. The predicted molar refractivity (Wildman–Crippen MR) is 73.2 cm³/mol. The number of aromatic amines is 1. The van der Waals surface area contributed by atoms with E-state index in [4.69, 9.17) is 15.2 Å². The highest BCUT2D eigenvalue weighted by Gasteiger charge is 2.23. The summed E-state index contributed by atoms with van der Waals surface area (Å²) in [6, 6.07) is 3.42. The van der Waals surface area contributed by atoms with Crippen molar-refractivity contribution < 1.29 is 19.4 Å². The van der Waals surface area contributed by atoms with E-state index in [1.165, 1.54) is 7.11 Å². The Hall–Kier alpha value is -2.70. The number of benzene rings is 1. The van der Waals surface area contributed by atoms with Crippen molar-refractivity contribution >= 4 is 11.8 Å². The Morgan fingerprint density at radius 1 is 1.35 bits per heavy atom. The summed E-state index contributed by atoms with van der Waals surface area (Å²) in [7, 11) is 3.05. The third kappa shape index (κ3) is 2.03. The Kier molecular flexibility index (Phi) is 3.51. The molecule has 20 heavy (non-hydrogen) atoms. The lowest BCUT2D eigenvalue weighted by molar-refractivity contribution is 0.0691. The van der Waals surface area contributed by atoms with Gasteiger partial charge >= 0.3 is 5.97 Å². The normalized spacial score (nSPS) is 10.3. The minimum absolute atomic E-state index is 0.0784. The summed E-state index contributed by atoms with van der Waals surface area (Å²) < 4.78 is 10.6. The molecule has 0 aliphatic carbocycles. The smallest absolute Gasteiger partial charge is 0.354 e. The number of hydrogen-bond acceptors (Lipinski definition) is 5. The second-order valence-corrected chi connectivity index (χ2v) is 4.14. The first kappa shape index (κ1) is 13.7. The molecule has 4 N–H and O–H groups in total. The molecule has 106 valence electrons. The van der Waals surface area contributed by atoms with Crippen LogP contribution < -0.4 is 15.2 Å². The molecular weight excluding hydrogens is 262 g/mol. The average molecular weight is 277 g/mol. The van der Waals surface area contributed by atoms with Crippen LogP contribution in [0.15, 0.2) is 12.1 Å². The standard InChI is InChI=1S/C13H15N3O4/c1-6-8(19-2)5-4-7(11(6)20-3)9-10(13(17)18)15-16-12(9)14/h4-5H,1-3H3,(H,17,18)(H3,14,15,16). The fourth-order valence-corrected chi connectivity index (χ4v) is 2.14. The van der Waals surface area contributed by atoms with Gasteiger partial charge in [-0.2, -0.15) is 5.10 Å². The number of anilines is 1. The van der Waals surface area contributed by atoms with Gasteiger partial charge in [0.15, 0.2) is 11.5 Å². The number of nitrogen functional groups attached to an aromatic ring is 1. The first-order valence-electron chi connectivity index (χ1n) is 5.80. The molecule has 1 aromatic heterocycles. The molecule has 0 fully saturated rings. The van der Waals surface area contributed by atoms with Crippen molar-refractivity contribution in [2.24, 2.45) is 0 Å². The highest BCUT2D eigenvalue weighted by molar-refractivity contribution is 5.98. The van der Waals surface area contributed by atoms with Crippen molar-refractivity contribution in [2.45, 2.75) is 6.92 Å². The van der Waals surface area contributed by atoms with Gasteiger partial charge in [0.05, 0.1) is 19.8 Å². The minimum atomic E-state index is -1.14. The Labute approximate surface area is 115 Å². The number of methoxy groups -OCH3 is 2. The number of carbonyl (C=O) groups is 1. The van der Waals surface area contributed by atoms with E-state index in [0.29, 0.717) is 22.6 Å². The van der Waals surface area contributed by atoms with Crippen LogP contribution in [-0.4, -0.2) is 35.5 Å². The van der Waals surface area contributed by atoms with Gasteiger partial charge in [-0.15, -0.1) is 0 Å². The number of H-pyrrole nitrogens is 1. The lowest BCUT2D eigenvalue weighted by atomic mass is 10.0. The van der Waals surface area contributed by atoms with Gasteiger partial charge in [-0.05, 0) is 19.1 Å². The Morgan fingerprint density at radius 2 is 2.05 bits per heavy atom. The van der Waals surface area contributed by atoms with Crippen LogP contribution in [0.3, 0.4) is 0 Å². The summed E-state index contributed by atoms with van der Waals surface area (Å²) in [5, 5.41) is 15.3. The van der Waals surface area contributed by atoms with Crippen LogP contribution >= 0.6 is 0 Å². The number of nitrogens with one attached hydrogen (secondary N) is 1. The third-order valence-electron chi connectivity index (χ3n) is 3.06. The summed E-state index contributed by atoms with van der Waals surface area (Å²) in [6.45, 7) is 1.82. The van der Waals surface area contributed by atoms with E-state index >= 15 is 0 Å². The van der Waals surface area contributed by atoms with Crippen LogP contribution in [0.5, 0.6) is 11.5 Å². The number of rotatable bonds is 4. The average Bonchev–Trinajstić information content (AvgIpc) is 2.80. The third-order valence-corrected chi connectivity index (χ3v) is 3.06. The molecule has 0 bridgehead atoms. The number of aromatic nitrogens is 2. The highest BCUT2D eigenvalue weighted by Crippen LogP contribution is 2.40. The van der Waals surface area contributed by atoms with Crippen LogP contribution in [0.4, 0.5) is 5.82 Å². The molecule has 0 saturated heterocycles. The molecule has 0 saturated carbocycles. The molecule has 7 nitrogen and oxygen atoms in total. The molecule has 0 atom stereocenters. The lowest BCUT2D eigenvalue weighted by Gasteiger charge is -2.14. The molecule has 0 aliphatic rings. The summed E-state index contributed by atoms with van der Waals surface area (Å²) in [5.74, 6) is 0.106. The minimum Gasteiger partial charge on any atom is -0.496 e. The predicted octanol–water partition coefficient (Wildman–Crippen LogP) is 1.68. The maximum absolute atomic E-state index is 11.2. The van der Waals surface area contributed by atoms with Crippen LogP contribution in [0.25, 0.3) is 11.1 Å². The lowest BCUT2D eigenvalue weighted by Crippen LogP contribution is -2.02. The number of nitrogens with zero attached hydrogens (tertiary/aromatic N) is 1. The van der Waals surface area contributed by atoms with E-state index in [-0.39, 0.29) is 11.5 Å². The number of ether oxygens (including phenoxy) is 2. The second kappa shape index (κ2) is 5.12. The van der Waals surface area contributed by atoms with E-state index in [9.17, 15) is 9.90 Å². The molecule has 0 unspecified atom stereocenters. The SMILES string of the molecule is COc1ccc(-c2c(N)n[nH]c2C(=O)O)c(OC)c1C. The number of nitrogens with two attached hydrogens (primary N) is 1. The first-order chi connectivity index (χ1) is 9.51. The summed E-state index contributed by atoms with van der Waals surface area (Å²) in [5.41, 5.74) is 7.29. The molecule has 7 heteroatoms. The van der Waals surface area contributed by atoms with Crippen LogP contribution in [0.2, 0.25) is 0 Å². The maximum Gasteiger partial charge on any atom is 0.354 e. The highest BCUT2D eigenvalue weighted by atomic mass is 16.5. The van der Waals surface area contributed by atoms with Crippen LogP contribution in [0.1, 0.15) is 16.1 Å². The number of carboxylic acids is 1. The molecular formula is C13H15N3O4. The first-order valence-corrected chi connectivity index (χ1v) is 5.80. The molecule has 0 amide bonds. The second-order valence-electron chi connectivity index (χ2n) is 4.14. The zero-order valence-corrected chi connectivity index (χ0v) is 11.4. The Morgan fingerprint density at radius 3 is 2.60 bits per heavy atom. The molecule has 0 aliphatic heterocycles. The molecule has 1 heterocycles. The van der Waals surface area contributed by atoms with Gasteiger partial charge in [-0.3, -0.25) is 5.10 Å². The zero-order valence-electron chi connectivity index (χ0n) is 11.4. The van der Waals surface area contributed by atoms with E-state index in [1.807, 2.05) is 6.92 Å². The monoisotopic (exact) mass is 277 g/mol. The van der Waals surface area contributed by atoms with E-state index in [0.717, 1.165) is 5.56 Å². The summed E-state index contributed by atoms with van der Waals surface area (Å²) >= 11 is 0. The quantitative estimate of drug-likeness (QED) is 0.784. The number of hydrogen-bond donors (Lipinski definition) is 3. The van der Waals surface area contributed by atoms with Gasteiger partial charge < -0.3 is 20.3 Å². The molecule has 0 radical (unpaired) electrons. The van der Waals surface area contributed by atoms with E-state index in [1.54, 1.807) is 19.2 Å². The molecule has 2 rings (SSSR count). The van der Waals surface area contributed by atoms with Crippen molar-refractivity contribution in [1.29, 1.82) is 0 Å². The topological polar surface area (TPSA) is 110 Å². The number of aromatic carboxylic acids is 1.